The number of fused-ring (bicyclic) bond motifs is 2. The lowest BCUT2D eigenvalue weighted by atomic mass is 10.0. The number of nitrogens with zero attached hydrogens (tertiary/aromatic N) is 6. The fourth-order valence-electron chi connectivity index (χ4n) is 3.89. The molecule has 164 valence electrons. The van der Waals surface area contributed by atoms with Crippen LogP contribution in [0.2, 0.25) is 0 Å². The zero-order valence-corrected chi connectivity index (χ0v) is 16.9. The Morgan fingerprint density at radius 2 is 1.94 bits per heavy atom. The summed E-state index contributed by atoms with van der Waals surface area (Å²) in [6.07, 6.45) is 8.20. The molecule has 3 heterocycles. The first-order valence-electron chi connectivity index (χ1n) is 9.89. The summed E-state index contributed by atoms with van der Waals surface area (Å²) in [5.41, 5.74) is 1.74. The topological polar surface area (TPSA) is 91.6 Å². The highest BCUT2D eigenvalue weighted by molar-refractivity contribution is 5.70. The van der Waals surface area contributed by atoms with E-state index < -0.39 is 17.5 Å². The van der Waals surface area contributed by atoms with E-state index in [0.717, 1.165) is 24.5 Å². The van der Waals surface area contributed by atoms with Gasteiger partial charge >= 0.3 is 0 Å². The van der Waals surface area contributed by atoms with Gasteiger partial charge in [0.25, 0.3) is 5.56 Å². The summed E-state index contributed by atoms with van der Waals surface area (Å²) in [5.74, 6) is -2.02. The Bertz CT molecular complexity index is 1390. The molecular weight excluding hydrogens is 425 g/mol. The molecule has 2 aliphatic carbocycles. The minimum Gasteiger partial charge on any atom is -0.338 e. The number of imidazole rings is 1. The smallest absolute Gasteiger partial charge is 0.280 e. The Kier molecular flexibility index (Phi) is 4.87. The van der Waals surface area contributed by atoms with E-state index >= 15 is 0 Å². The monoisotopic (exact) mass is 442 g/mol. The summed E-state index contributed by atoms with van der Waals surface area (Å²) in [5, 5.41) is 3.48. The van der Waals surface area contributed by atoms with Crippen LogP contribution < -0.4 is 5.56 Å². The first-order valence-corrected chi connectivity index (χ1v) is 9.89. The van der Waals surface area contributed by atoms with Gasteiger partial charge in [-0.1, -0.05) is 11.2 Å². The molecule has 32 heavy (non-hydrogen) atoms. The second-order valence-electron chi connectivity index (χ2n) is 7.82. The summed E-state index contributed by atoms with van der Waals surface area (Å²) in [7, 11) is 1.75. The lowest BCUT2D eigenvalue weighted by Gasteiger charge is -2.06. The summed E-state index contributed by atoms with van der Waals surface area (Å²) < 4.78 is 47.0. The van der Waals surface area contributed by atoms with Crippen molar-refractivity contribution in [1.82, 2.24) is 29.2 Å². The number of benzene rings is 1. The average molecular weight is 442 g/mol. The molecule has 11 heteroatoms. The molecule has 0 unspecified atom stereocenters. The Hall–Kier alpha value is -3.76. The van der Waals surface area contributed by atoms with Gasteiger partial charge in [0.05, 0.1) is 6.33 Å². The van der Waals surface area contributed by atoms with Gasteiger partial charge < -0.3 is 9.09 Å². The van der Waals surface area contributed by atoms with Gasteiger partial charge in [0, 0.05) is 12.6 Å². The lowest BCUT2D eigenvalue weighted by Crippen LogP contribution is -2.22. The number of aromatic nitrogens is 6. The van der Waals surface area contributed by atoms with E-state index in [9.17, 15) is 18.0 Å². The molecule has 0 radical (unpaired) electrons. The third-order valence-corrected chi connectivity index (χ3v) is 5.67. The van der Waals surface area contributed by atoms with Crippen molar-refractivity contribution in [2.75, 3.05) is 0 Å². The van der Waals surface area contributed by atoms with E-state index in [0.29, 0.717) is 28.9 Å². The standard InChI is InChI=1S/C12H9F3.C9H8N6O2/c13-10-2-1-9(11(14)12(10)15)8-4-6-3-7(6)5-8;1-14-4-11-8-7(14)9(16)15(5-12-8)2-6-10-3-13-17-6/h1-2,4,6-7H,3,5H2;3-5H,2H2,1H3/t6-,7+;/m0./s1. The maximum absolute atomic E-state index is 13.4. The lowest BCUT2D eigenvalue weighted by molar-refractivity contribution is 0.368. The van der Waals surface area contributed by atoms with Crippen molar-refractivity contribution in [2.45, 2.75) is 19.4 Å². The summed E-state index contributed by atoms with van der Waals surface area (Å²) in [6.45, 7) is 0.201. The van der Waals surface area contributed by atoms with Gasteiger partial charge in [-0.05, 0) is 42.4 Å². The molecule has 0 spiro atoms. The minimum absolute atomic E-state index is 0.187. The molecule has 1 aromatic carbocycles. The maximum Gasteiger partial charge on any atom is 0.280 e. The van der Waals surface area contributed by atoms with Crippen molar-refractivity contribution >= 4 is 16.7 Å². The quantitative estimate of drug-likeness (QED) is 0.453. The molecule has 2 atom stereocenters. The highest BCUT2D eigenvalue weighted by Crippen LogP contribution is 2.53. The van der Waals surface area contributed by atoms with E-state index in [1.54, 1.807) is 17.9 Å². The Morgan fingerprint density at radius 1 is 1.12 bits per heavy atom. The van der Waals surface area contributed by atoms with Crippen LogP contribution in [0.15, 0.2) is 46.5 Å². The number of halogens is 3. The van der Waals surface area contributed by atoms with Crippen LogP contribution in [0.1, 0.15) is 24.3 Å². The normalized spacial score (nSPS) is 18.8. The Labute approximate surface area is 179 Å². The third-order valence-electron chi connectivity index (χ3n) is 5.67. The number of hydrogen-bond donors (Lipinski definition) is 0. The second-order valence-corrected chi connectivity index (χ2v) is 7.82. The molecule has 0 bridgehead atoms. The van der Waals surface area contributed by atoms with E-state index in [4.69, 9.17) is 4.52 Å². The van der Waals surface area contributed by atoms with Crippen molar-refractivity contribution in [2.24, 2.45) is 18.9 Å². The number of allylic oxidation sites excluding steroid dienone is 2. The predicted octanol–water partition coefficient (Wildman–Crippen LogP) is 3.09. The van der Waals surface area contributed by atoms with Crippen molar-refractivity contribution < 1.29 is 17.7 Å². The largest absolute Gasteiger partial charge is 0.338 e. The van der Waals surface area contributed by atoms with E-state index in [2.05, 4.69) is 20.1 Å². The third kappa shape index (κ3) is 3.59. The molecule has 6 rings (SSSR count). The zero-order chi connectivity index (χ0) is 22.4. The molecule has 0 saturated heterocycles. The van der Waals surface area contributed by atoms with Gasteiger partial charge in [-0.2, -0.15) is 4.98 Å². The van der Waals surface area contributed by atoms with Gasteiger partial charge in [0.2, 0.25) is 5.89 Å². The van der Waals surface area contributed by atoms with E-state index in [1.807, 2.05) is 6.08 Å². The SMILES string of the molecule is Cn1cnc2ncn(Cc3ncno3)c(=O)c21.Fc1ccc(C2=C[C@@H]3C[C@@H]3C2)c(F)c1F. The van der Waals surface area contributed by atoms with Crippen LogP contribution in [-0.2, 0) is 13.6 Å². The van der Waals surface area contributed by atoms with Gasteiger partial charge in [-0.25, -0.2) is 23.1 Å². The Balaban J connectivity index is 0.000000136. The van der Waals surface area contributed by atoms with Crippen molar-refractivity contribution in [3.05, 3.63) is 76.5 Å². The fraction of sp³-hybridized carbons (Fsp3) is 0.286. The molecule has 0 aliphatic heterocycles. The molecule has 0 amide bonds. The summed E-state index contributed by atoms with van der Waals surface area (Å²) in [6, 6.07) is 2.31. The predicted molar refractivity (Wildman–Crippen MR) is 107 cm³/mol. The molecule has 8 nitrogen and oxygen atoms in total. The highest BCUT2D eigenvalue weighted by Gasteiger charge is 2.41. The molecule has 3 aromatic heterocycles. The maximum atomic E-state index is 13.4. The summed E-state index contributed by atoms with van der Waals surface area (Å²) >= 11 is 0. The first kappa shape index (κ1) is 20.2. The first-order chi connectivity index (χ1) is 15.4. The Morgan fingerprint density at radius 3 is 2.66 bits per heavy atom. The fourth-order valence-corrected chi connectivity index (χ4v) is 3.89. The van der Waals surface area contributed by atoms with Crippen LogP contribution in [0.5, 0.6) is 0 Å². The molecule has 4 aromatic rings. The van der Waals surface area contributed by atoms with Gasteiger partial charge in [0.15, 0.2) is 34.9 Å². The number of hydrogen-bond acceptors (Lipinski definition) is 6. The van der Waals surface area contributed by atoms with E-state index in [1.165, 1.54) is 23.3 Å². The van der Waals surface area contributed by atoms with Gasteiger partial charge in [-0.3, -0.25) is 9.36 Å². The second kappa shape index (κ2) is 7.74. The zero-order valence-electron chi connectivity index (χ0n) is 16.9. The minimum atomic E-state index is -1.37. The molecule has 2 aliphatic rings. The molecular formula is C21H17F3N6O2. The van der Waals surface area contributed by atoms with Gasteiger partial charge in [-0.15, -0.1) is 0 Å². The van der Waals surface area contributed by atoms with Crippen LogP contribution in [0.25, 0.3) is 16.7 Å². The van der Waals surface area contributed by atoms with Crippen molar-refractivity contribution in [1.29, 1.82) is 0 Å². The number of aryl methyl sites for hydroxylation is 1. The van der Waals surface area contributed by atoms with E-state index in [-0.39, 0.29) is 17.7 Å². The van der Waals surface area contributed by atoms with Crippen LogP contribution in [0.3, 0.4) is 0 Å². The van der Waals surface area contributed by atoms with Crippen LogP contribution in [-0.4, -0.2) is 29.2 Å². The average Bonchev–Trinajstić information content (AvgIpc) is 3.17. The highest BCUT2D eigenvalue weighted by atomic mass is 19.2. The van der Waals surface area contributed by atoms with Crippen molar-refractivity contribution in [3.63, 3.8) is 0 Å². The van der Waals surface area contributed by atoms with Crippen molar-refractivity contribution in [3.8, 4) is 0 Å². The molecule has 0 N–H and O–H groups in total. The van der Waals surface area contributed by atoms with Crippen LogP contribution in [0.4, 0.5) is 13.2 Å². The summed E-state index contributed by atoms with van der Waals surface area (Å²) in [4.78, 5) is 24.1. The molecule has 1 fully saturated rings. The molecule has 1 saturated carbocycles. The number of rotatable bonds is 3. The van der Waals surface area contributed by atoms with Crippen LogP contribution >= 0.6 is 0 Å². The van der Waals surface area contributed by atoms with Gasteiger partial charge in [0.1, 0.15) is 12.9 Å². The van der Waals surface area contributed by atoms with Crippen LogP contribution in [0, 0.1) is 29.3 Å².